The Hall–Kier alpha value is -5.00. The van der Waals surface area contributed by atoms with Crippen molar-refractivity contribution in [2.45, 2.75) is 27.7 Å². The Morgan fingerprint density at radius 3 is 0.639 bits per heavy atom. The van der Waals surface area contributed by atoms with Gasteiger partial charge in [-0.3, -0.25) is 19.2 Å². The summed E-state index contributed by atoms with van der Waals surface area (Å²) >= 11 is 0. The summed E-state index contributed by atoms with van der Waals surface area (Å²) in [6.45, 7) is 4.54. The number of carboxylic acid groups (broad SMARTS) is 4. The van der Waals surface area contributed by atoms with Crippen LogP contribution in [0.3, 0.4) is 0 Å². The molecule has 0 bridgehead atoms. The summed E-state index contributed by atoms with van der Waals surface area (Å²) in [6, 6.07) is 3.69. The van der Waals surface area contributed by atoms with Crippen molar-refractivity contribution in [3.63, 3.8) is 0 Å². The molecule has 2 aromatic rings. The minimum Gasteiger partial charge on any atom is -0.478 e. The van der Waals surface area contributed by atoms with Gasteiger partial charge in [0.05, 0.1) is 22.3 Å². The monoisotopic (exact) mass is 500 g/mol. The second-order valence-electron chi connectivity index (χ2n) is 7.33. The predicted molar refractivity (Wildman–Crippen MR) is 121 cm³/mol. The van der Waals surface area contributed by atoms with E-state index < -0.39 is 58.1 Å². The molecule has 2 aromatic carbocycles. The van der Waals surface area contributed by atoms with Gasteiger partial charge in [0.25, 0.3) is 0 Å². The number of hydrogen-bond donors (Lipinski definition) is 4. The smallest absolute Gasteiger partial charge is 0.336 e. The van der Waals surface area contributed by atoms with Crippen LogP contribution in [0.25, 0.3) is 0 Å². The summed E-state index contributed by atoms with van der Waals surface area (Å²) in [5.41, 5.74) is -2.43. The van der Waals surface area contributed by atoms with E-state index in [-0.39, 0.29) is 33.4 Å². The fourth-order valence-electron chi connectivity index (χ4n) is 3.07. The quantitative estimate of drug-likeness (QED) is 0.384. The first-order valence-electron chi connectivity index (χ1n) is 9.84. The first-order valence-corrected chi connectivity index (χ1v) is 9.84. The molecule has 0 aliphatic carbocycles. The molecule has 0 radical (unpaired) electrons. The van der Waals surface area contributed by atoms with Crippen LogP contribution in [0.1, 0.15) is 111 Å². The fraction of sp³-hybridized carbons (Fsp3) is 0.167. The van der Waals surface area contributed by atoms with Gasteiger partial charge in [-0.2, -0.15) is 0 Å². The van der Waals surface area contributed by atoms with Gasteiger partial charge >= 0.3 is 23.9 Å². The summed E-state index contributed by atoms with van der Waals surface area (Å²) in [6.07, 6.45) is 0. The Morgan fingerprint density at radius 1 is 0.361 bits per heavy atom. The summed E-state index contributed by atoms with van der Waals surface area (Å²) in [5, 5.41) is 35.7. The number of Topliss-reactive ketones (excluding diaryl/α,β-unsaturated/α-hetero) is 4. The van der Waals surface area contributed by atoms with Gasteiger partial charge in [-0.05, 0) is 52.0 Å². The largest absolute Gasteiger partial charge is 0.478 e. The molecule has 0 saturated heterocycles. The van der Waals surface area contributed by atoms with E-state index >= 15 is 0 Å². The number of carbonyl (C=O) groups is 8. The van der Waals surface area contributed by atoms with Gasteiger partial charge in [-0.25, -0.2) is 19.2 Å². The molecule has 0 spiro atoms. The van der Waals surface area contributed by atoms with Crippen LogP contribution in [0.5, 0.6) is 0 Å². The van der Waals surface area contributed by atoms with E-state index in [0.29, 0.717) is 0 Å². The second kappa shape index (κ2) is 11.4. The molecular weight excluding hydrogens is 480 g/mol. The van der Waals surface area contributed by atoms with Gasteiger partial charge in [-0.1, -0.05) is 0 Å². The molecule has 2 rings (SSSR count). The van der Waals surface area contributed by atoms with Crippen LogP contribution in [0.4, 0.5) is 0 Å². The predicted octanol–water partition coefficient (Wildman–Crippen LogP) is 2.98. The van der Waals surface area contributed by atoms with Crippen LogP contribution in [-0.4, -0.2) is 67.4 Å². The molecule has 36 heavy (non-hydrogen) atoms. The van der Waals surface area contributed by atoms with Crippen LogP contribution in [0, 0.1) is 0 Å². The van der Waals surface area contributed by atoms with Crippen molar-refractivity contribution in [3.8, 4) is 0 Å². The van der Waals surface area contributed by atoms with Crippen LogP contribution < -0.4 is 0 Å². The van der Waals surface area contributed by atoms with Crippen molar-refractivity contribution in [1.82, 2.24) is 0 Å². The maximum absolute atomic E-state index is 11.3. The lowest BCUT2D eigenvalue weighted by Crippen LogP contribution is -2.14. The Morgan fingerprint density at radius 2 is 0.500 bits per heavy atom. The molecule has 4 N–H and O–H groups in total. The number of carbonyl (C=O) groups excluding carboxylic acids is 4. The third-order valence-corrected chi connectivity index (χ3v) is 4.75. The number of ketones is 4. The standard InChI is InChI=1S/2C12H10O6/c1-5(13)7-3-10(12(17)18)8(6(2)14)4-9(7)11(15)16;1-5(13)7-3-8(6(2)14)10(12(17)18)4-9(7)11(15)16/h2*3-4H,1-2H3,(H,15,16)(H,17,18). The van der Waals surface area contributed by atoms with Crippen molar-refractivity contribution in [3.05, 3.63) is 68.8 Å². The highest BCUT2D eigenvalue weighted by Crippen LogP contribution is 2.20. The Balaban J connectivity index is 0.000000360. The van der Waals surface area contributed by atoms with E-state index in [0.717, 1.165) is 52.0 Å². The topological polar surface area (TPSA) is 217 Å². The number of aromatic carboxylic acids is 4. The summed E-state index contributed by atoms with van der Waals surface area (Å²) < 4.78 is 0. The zero-order valence-electron chi connectivity index (χ0n) is 19.4. The zero-order chi connectivity index (χ0) is 28.1. The maximum Gasteiger partial charge on any atom is 0.336 e. The molecule has 0 aliphatic heterocycles. The molecule has 0 unspecified atom stereocenters. The van der Waals surface area contributed by atoms with Crippen LogP contribution in [-0.2, 0) is 0 Å². The Labute approximate surface area is 202 Å². The minimum atomic E-state index is -1.42. The number of rotatable bonds is 8. The third kappa shape index (κ3) is 6.53. The van der Waals surface area contributed by atoms with Crippen molar-refractivity contribution < 1.29 is 58.8 Å². The lowest BCUT2D eigenvalue weighted by molar-refractivity contribution is 0.0677. The average molecular weight is 500 g/mol. The van der Waals surface area contributed by atoms with E-state index in [9.17, 15) is 38.4 Å². The van der Waals surface area contributed by atoms with E-state index in [1.807, 2.05) is 0 Å². The average Bonchev–Trinajstić information content (AvgIpc) is 2.76. The van der Waals surface area contributed by atoms with Crippen LogP contribution in [0.2, 0.25) is 0 Å². The van der Waals surface area contributed by atoms with Gasteiger partial charge in [0.1, 0.15) is 0 Å². The van der Waals surface area contributed by atoms with Crippen molar-refractivity contribution >= 4 is 47.0 Å². The van der Waals surface area contributed by atoms with Crippen molar-refractivity contribution in [2.24, 2.45) is 0 Å². The fourth-order valence-corrected chi connectivity index (χ4v) is 3.07. The van der Waals surface area contributed by atoms with Crippen LogP contribution >= 0.6 is 0 Å². The van der Waals surface area contributed by atoms with E-state index in [2.05, 4.69) is 0 Å². The van der Waals surface area contributed by atoms with E-state index in [1.165, 1.54) is 0 Å². The first-order chi connectivity index (χ1) is 16.5. The number of hydrogen-bond acceptors (Lipinski definition) is 8. The molecule has 0 atom stereocenters. The molecular formula is C24H20O12. The van der Waals surface area contributed by atoms with Gasteiger partial charge in [0.15, 0.2) is 23.1 Å². The summed E-state index contributed by atoms with van der Waals surface area (Å²) in [4.78, 5) is 89.0. The number of carboxylic acids is 4. The summed E-state index contributed by atoms with van der Waals surface area (Å²) in [5.74, 6) is -7.87. The van der Waals surface area contributed by atoms with E-state index in [4.69, 9.17) is 20.4 Å². The Kier molecular flexibility index (Phi) is 9.21. The molecule has 12 heteroatoms. The lowest BCUT2D eigenvalue weighted by atomic mass is 9.94. The maximum atomic E-state index is 11.3. The molecule has 188 valence electrons. The van der Waals surface area contributed by atoms with Crippen molar-refractivity contribution in [2.75, 3.05) is 0 Å². The van der Waals surface area contributed by atoms with Gasteiger partial charge < -0.3 is 20.4 Å². The summed E-state index contributed by atoms with van der Waals surface area (Å²) in [7, 11) is 0. The first kappa shape index (κ1) is 29.0. The zero-order valence-corrected chi connectivity index (χ0v) is 19.4. The SMILES string of the molecule is CC(=O)c1cc(C(=O)O)c(C(C)=O)cc1C(=O)O.CC(=O)c1cc(C(C)=O)c(C(=O)O)cc1C(=O)O. The lowest BCUT2D eigenvalue weighted by Gasteiger charge is -2.08. The second-order valence-corrected chi connectivity index (χ2v) is 7.33. The van der Waals surface area contributed by atoms with Crippen LogP contribution in [0.15, 0.2) is 24.3 Å². The molecule has 0 heterocycles. The Bertz CT molecular complexity index is 1050. The third-order valence-electron chi connectivity index (χ3n) is 4.75. The molecule has 12 nitrogen and oxygen atoms in total. The van der Waals surface area contributed by atoms with Gasteiger partial charge in [-0.15, -0.1) is 0 Å². The van der Waals surface area contributed by atoms with E-state index in [1.54, 1.807) is 0 Å². The molecule has 0 saturated carbocycles. The molecule has 0 amide bonds. The minimum absolute atomic E-state index is 0.183. The molecule has 0 aromatic heterocycles. The normalized spacial score (nSPS) is 9.89. The number of benzene rings is 2. The molecule has 0 aliphatic rings. The van der Waals surface area contributed by atoms with Gasteiger partial charge in [0.2, 0.25) is 0 Å². The highest BCUT2D eigenvalue weighted by Gasteiger charge is 2.23. The van der Waals surface area contributed by atoms with Gasteiger partial charge in [0, 0.05) is 22.3 Å². The van der Waals surface area contributed by atoms with Crippen molar-refractivity contribution in [1.29, 1.82) is 0 Å². The highest BCUT2D eigenvalue weighted by atomic mass is 16.4. The molecule has 0 fully saturated rings. The highest BCUT2D eigenvalue weighted by molar-refractivity contribution is 6.13.